The lowest BCUT2D eigenvalue weighted by molar-refractivity contribution is 0.249. The minimum Gasteiger partial charge on any atom is -0.354 e. The van der Waals surface area contributed by atoms with E-state index in [1.165, 1.54) is 5.56 Å². The SMILES string of the molecule is Cc1nn2c(N3CCN(Cc4ccc(Cl)c(Cl)c4)CC3)cc(C(C)(C)C)nc2c1-c1ccc(Cl)cc1. The van der Waals surface area contributed by atoms with Gasteiger partial charge in [0.1, 0.15) is 5.82 Å². The van der Waals surface area contributed by atoms with Gasteiger partial charge in [-0.2, -0.15) is 9.61 Å². The van der Waals surface area contributed by atoms with Crippen molar-refractivity contribution in [3.8, 4) is 11.1 Å². The van der Waals surface area contributed by atoms with Crippen molar-refractivity contribution in [3.63, 3.8) is 0 Å². The number of piperazine rings is 1. The molecule has 0 spiro atoms. The highest BCUT2D eigenvalue weighted by Gasteiger charge is 2.26. The van der Waals surface area contributed by atoms with Crippen LogP contribution in [0, 0.1) is 6.92 Å². The lowest BCUT2D eigenvalue weighted by atomic mass is 9.91. The Morgan fingerprint density at radius 2 is 1.56 bits per heavy atom. The average molecular weight is 543 g/mol. The Labute approximate surface area is 227 Å². The van der Waals surface area contributed by atoms with Crippen molar-refractivity contribution in [2.45, 2.75) is 39.7 Å². The summed E-state index contributed by atoms with van der Waals surface area (Å²) in [7, 11) is 0. The normalized spacial score (nSPS) is 15.1. The molecule has 0 N–H and O–H groups in total. The minimum absolute atomic E-state index is 0.0956. The second-order valence-corrected chi connectivity index (χ2v) is 11.7. The van der Waals surface area contributed by atoms with Crippen molar-refractivity contribution in [2.75, 3.05) is 31.1 Å². The Kier molecular flexibility index (Phi) is 6.94. The molecule has 0 atom stereocenters. The first-order valence-electron chi connectivity index (χ1n) is 12.2. The van der Waals surface area contributed by atoms with Gasteiger partial charge in [0.25, 0.3) is 0 Å². The van der Waals surface area contributed by atoms with Crippen LogP contribution in [0.1, 0.15) is 37.7 Å². The molecule has 0 saturated carbocycles. The maximum absolute atomic E-state index is 6.23. The van der Waals surface area contributed by atoms with E-state index in [-0.39, 0.29) is 5.41 Å². The van der Waals surface area contributed by atoms with E-state index >= 15 is 0 Å². The molecule has 0 radical (unpaired) electrons. The van der Waals surface area contributed by atoms with Crippen molar-refractivity contribution in [1.29, 1.82) is 0 Å². The van der Waals surface area contributed by atoms with Gasteiger partial charge in [-0.05, 0) is 42.3 Å². The summed E-state index contributed by atoms with van der Waals surface area (Å²) in [5, 5.41) is 6.87. The van der Waals surface area contributed by atoms with Crippen LogP contribution in [-0.4, -0.2) is 45.7 Å². The second kappa shape index (κ2) is 9.86. The number of fused-ring (bicyclic) bond motifs is 1. The first-order valence-corrected chi connectivity index (χ1v) is 13.3. The number of halogens is 3. The van der Waals surface area contributed by atoms with E-state index in [0.29, 0.717) is 10.0 Å². The maximum Gasteiger partial charge on any atom is 0.165 e. The predicted molar refractivity (Wildman–Crippen MR) is 151 cm³/mol. The van der Waals surface area contributed by atoms with Gasteiger partial charge < -0.3 is 4.90 Å². The van der Waals surface area contributed by atoms with E-state index in [1.807, 2.05) is 53.9 Å². The highest BCUT2D eigenvalue weighted by molar-refractivity contribution is 6.42. The highest BCUT2D eigenvalue weighted by atomic mass is 35.5. The Balaban J connectivity index is 1.47. The average Bonchev–Trinajstić information content (AvgIpc) is 3.17. The third-order valence-corrected chi connectivity index (χ3v) is 7.72. The standard InChI is InChI=1S/C28H30Cl3N5/c1-18-26(20-6-8-21(29)9-7-20)27-32-24(28(2,3)4)16-25(36(27)33-18)35-13-11-34(12-14-35)17-19-5-10-22(30)23(31)15-19/h5-10,15-16H,11-14,17H2,1-4H3. The molecule has 1 fully saturated rings. The van der Waals surface area contributed by atoms with E-state index in [4.69, 9.17) is 44.9 Å². The summed E-state index contributed by atoms with van der Waals surface area (Å²) in [6.07, 6.45) is 0. The van der Waals surface area contributed by atoms with Gasteiger partial charge in [0, 0.05) is 54.8 Å². The fourth-order valence-electron chi connectivity index (χ4n) is 4.70. The van der Waals surface area contributed by atoms with E-state index in [9.17, 15) is 0 Å². The van der Waals surface area contributed by atoms with E-state index in [1.54, 1.807) is 0 Å². The van der Waals surface area contributed by atoms with Crippen LogP contribution in [0.3, 0.4) is 0 Å². The third-order valence-electron chi connectivity index (χ3n) is 6.73. The number of rotatable bonds is 4. The molecule has 2 aromatic carbocycles. The molecule has 188 valence electrons. The van der Waals surface area contributed by atoms with Crippen LogP contribution in [0.25, 0.3) is 16.8 Å². The van der Waals surface area contributed by atoms with Gasteiger partial charge in [-0.25, -0.2) is 4.98 Å². The van der Waals surface area contributed by atoms with Gasteiger partial charge in [0.15, 0.2) is 5.65 Å². The van der Waals surface area contributed by atoms with Gasteiger partial charge in [-0.15, -0.1) is 0 Å². The first kappa shape index (κ1) is 25.3. The Bertz CT molecular complexity index is 1400. The van der Waals surface area contributed by atoms with Crippen molar-refractivity contribution in [3.05, 3.63) is 80.6 Å². The predicted octanol–water partition coefficient (Wildman–Crippen LogP) is 7.28. The van der Waals surface area contributed by atoms with Crippen molar-refractivity contribution >= 4 is 46.3 Å². The number of benzene rings is 2. The van der Waals surface area contributed by atoms with E-state index in [2.05, 4.69) is 36.6 Å². The largest absolute Gasteiger partial charge is 0.354 e. The smallest absolute Gasteiger partial charge is 0.165 e. The van der Waals surface area contributed by atoms with Gasteiger partial charge in [-0.3, -0.25) is 4.90 Å². The van der Waals surface area contributed by atoms with Crippen molar-refractivity contribution in [2.24, 2.45) is 0 Å². The summed E-state index contributed by atoms with van der Waals surface area (Å²) >= 11 is 18.5. The zero-order chi connectivity index (χ0) is 25.6. The summed E-state index contributed by atoms with van der Waals surface area (Å²) in [5.41, 5.74) is 6.10. The Morgan fingerprint density at radius 1 is 0.861 bits per heavy atom. The monoisotopic (exact) mass is 541 g/mol. The van der Waals surface area contributed by atoms with Crippen LogP contribution in [-0.2, 0) is 12.0 Å². The molecule has 36 heavy (non-hydrogen) atoms. The number of hydrogen-bond acceptors (Lipinski definition) is 4. The molecule has 5 rings (SSSR count). The number of aromatic nitrogens is 3. The van der Waals surface area contributed by atoms with E-state index in [0.717, 1.165) is 71.7 Å². The summed E-state index contributed by atoms with van der Waals surface area (Å²) in [5.74, 6) is 1.09. The Hall–Kier alpha value is -2.31. The Morgan fingerprint density at radius 3 is 2.19 bits per heavy atom. The van der Waals surface area contributed by atoms with Crippen LogP contribution in [0.5, 0.6) is 0 Å². The number of nitrogens with zero attached hydrogens (tertiary/aromatic N) is 5. The van der Waals surface area contributed by atoms with Crippen LogP contribution >= 0.6 is 34.8 Å². The lowest BCUT2D eigenvalue weighted by Gasteiger charge is -2.36. The molecule has 0 aliphatic carbocycles. The van der Waals surface area contributed by atoms with Crippen LogP contribution < -0.4 is 4.90 Å². The number of anilines is 1. The highest BCUT2D eigenvalue weighted by Crippen LogP contribution is 2.34. The van der Waals surface area contributed by atoms with Crippen molar-refractivity contribution in [1.82, 2.24) is 19.5 Å². The molecule has 4 aromatic rings. The van der Waals surface area contributed by atoms with Crippen molar-refractivity contribution < 1.29 is 0 Å². The summed E-state index contributed by atoms with van der Waals surface area (Å²) < 4.78 is 2.02. The molecule has 1 aliphatic rings. The van der Waals surface area contributed by atoms with Gasteiger partial charge in [0.05, 0.1) is 21.4 Å². The molecular weight excluding hydrogens is 513 g/mol. The molecule has 0 unspecified atom stereocenters. The van der Waals surface area contributed by atoms with Gasteiger partial charge >= 0.3 is 0 Å². The molecule has 5 nitrogen and oxygen atoms in total. The zero-order valence-corrected chi connectivity index (χ0v) is 23.3. The first-order chi connectivity index (χ1) is 17.1. The van der Waals surface area contributed by atoms with Crippen LogP contribution in [0.4, 0.5) is 5.82 Å². The summed E-state index contributed by atoms with van der Waals surface area (Å²) in [6.45, 7) is 13.2. The number of hydrogen-bond donors (Lipinski definition) is 0. The fraction of sp³-hybridized carbons (Fsp3) is 0.357. The molecule has 2 aromatic heterocycles. The molecular formula is C28H30Cl3N5. The summed E-state index contributed by atoms with van der Waals surface area (Å²) in [4.78, 5) is 9.99. The second-order valence-electron chi connectivity index (χ2n) is 10.5. The molecule has 3 heterocycles. The lowest BCUT2D eigenvalue weighted by Crippen LogP contribution is -2.46. The molecule has 0 amide bonds. The topological polar surface area (TPSA) is 36.7 Å². The summed E-state index contributed by atoms with van der Waals surface area (Å²) in [6, 6.07) is 16.0. The third kappa shape index (κ3) is 5.08. The number of aryl methyl sites for hydroxylation is 1. The maximum atomic E-state index is 6.23. The van der Waals surface area contributed by atoms with Gasteiger partial charge in [-0.1, -0.05) is 73.8 Å². The molecule has 1 saturated heterocycles. The van der Waals surface area contributed by atoms with E-state index < -0.39 is 0 Å². The zero-order valence-electron chi connectivity index (χ0n) is 21.0. The molecule has 1 aliphatic heterocycles. The molecule has 0 bridgehead atoms. The fourth-order valence-corrected chi connectivity index (χ4v) is 5.15. The van der Waals surface area contributed by atoms with Crippen LogP contribution in [0.15, 0.2) is 48.5 Å². The minimum atomic E-state index is -0.0956. The quantitative estimate of drug-likeness (QED) is 0.271. The molecule has 8 heteroatoms. The van der Waals surface area contributed by atoms with Crippen LogP contribution in [0.2, 0.25) is 15.1 Å². The van der Waals surface area contributed by atoms with Gasteiger partial charge in [0.2, 0.25) is 0 Å².